The van der Waals surface area contributed by atoms with E-state index in [4.69, 9.17) is 16.3 Å². The van der Waals surface area contributed by atoms with E-state index in [1.807, 2.05) is 4.90 Å². The van der Waals surface area contributed by atoms with Gasteiger partial charge in [-0.15, -0.1) is 0 Å². The molecule has 1 fully saturated rings. The molecule has 1 saturated heterocycles. The van der Waals surface area contributed by atoms with E-state index in [1.165, 1.54) is 12.1 Å². The zero-order valence-electron chi connectivity index (χ0n) is 10.6. The van der Waals surface area contributed by atoms with Gasteiger partial charge in [0, 0.05) is 37.8 Å². The number of nitro groups is 1. The topological polar surface area (TPSA) is 67.6 Å². The zero-order valence-corrected chi connectivity index (χ0v) is 11.4. The summed E-state index contributed by atoms with van der Waals surface area (Å²) in [4.78, 5) is 12.4. The second-order valence-corrected chi connectivity index (χ2v) is 4.90. The number of nitrogens with zero attached hydrogens (tertiary/aromatic N) is 2. The van der Waals surface area contributed by atoms with Gasteiger partial charge in [0.25, 0.3) is 5.69 Å². The Morgan fingerprint density at radius 3 is 3.05 bits per heavy atom. The first-order chi connectivity index (χ1) is 9.08. The number of rotatable bonds is 4. The molecule has 1 heterocycles. The Hall–Kier alpha value is -1.37. The number of likely N-dealkylation sites (N-methyl/N-ethyl adjacent to an activating group) is 1. The lowest BCUT2D eigenvalue weighted by Crippen LogP contribution is -2.44. The fraction of sp³-hybridized carbons (Fsp3) is 0.500. The molecule has 1 aliphatic rings. The quantitative estimate of drug-likeness (QED) is 0.673. The molecule has 1 atom stereocenters. The van der Waals surface area contributed by atoms with Crippen LogP contribution in [-0.4, -0.2) is 44.3 Å². The normalized spacial score (nSPS) is 19.2. The largest absolute Gasteiger partial charge is 0.374 e. The van der Waals surface area contributed by atoms with Gasteiger partial charge in [0.1, 0.15) is 5.69 Å². The van der Waals surface area contributed by atoms with Gasteiger partial charge in [0.15, 0.2) is 0 Å². The first kappa shape index (κ1) is 14.0. The van der Waals surface area contributed by atoms with Crippen molar-refractivity contribution in [1.82, 2.24) is 5.32 Å². The summed E-state index contributed by atoms with van der Waals surface area (Å²) in [5.74, 6) is 0. The standard InChI is InChI=1S/C12H16ClN3O3/c1-15(8-10-7-14-4-5-19-10)12-6-9(13)2-3-11(12)16(17)18/h2-3,6,10,14H,4-5,7-8H2,1H3. The minimum atomic E-state index is -0.401. The maximum Gasteiger partial charge on any atom is 0.292 e. The molecule has 0 bridgehead atoms. The van der Waals surface area contributed by atoms with Crippen LogP contribution in [0.2, 0.25) is 5.02 Å². The third kappa shape index (κ3) is 3.56. The maximum atomic E-state index is 11.0. The predicted octanol–water partition coefficient (Wildman–Crippen LogP) is 1.67. The second kappa shape index (κ2) is 6.18. The zero-order chi connectivity index (χ0) is 13.8. The average molecular weight is 286 g/mol. The monoisotopic (exact) mass is 285 g/mol. The number of hydrogen-bond acceptors (Lipinski definition) is 5. The molecule has 7 heteroatoms. The molecule has 1 unspecified atom stereocenters. The number of nitro benzene ring substituents is 1. The Bertz CT molecular complexity index is 464. The summed E-state index contributed by atoms with van der Waals surface area (Å²) in [5.41, 5.74) is 0.558. The maximum absolute atomic E-state index is 11.0. The van der Waals surface area contributed by atoms with Crippen LogP contribution in [-0.2, 0) is 4.74 Å². The van der Waals surface area contributed by atoms with Gasteiger partial charge in [0.2, 0.25) is 0 Å². The molecule has 1 aromatic carbocycles. The fourth-order valence-electron chi connectivity index (χ4n) is 2.10. The molecule has 1 aliphatic heterocycles. The molecule has 0 saturated carbocycles. The van der Waals surface area contributed by atoms with Crippen molar-refractivity contribution in [2.45, 2.75) is 6.10 Å². The van der Waals surface area contributed by atoms with Gasteiger partial charge in [-0.2, -0.15) is 0 Å². The highest BCUT2D eigenvalue weighted by Crippen LogP contribution is 2.30. The van der Waals surface area contributed by atoms with E-state index in [0.717, 1.165) is 13.1 Å². The van der Waals surface area contributed by atoms with Crippen LogP contribution in [0, 0.1) is 10.1 Å². The van der Waals surface area contributed by atoms with Crippen molar-refractivity contribution < 1.29 is 9.66 Å². The first-order valence-corrected chi connectivity index (χ1v) is 6.43. The number of morpholine rings is 1. The van der Waals surface area contributed by atoms with Gasteiger partial charge in [-0.05, 0) is 12.1 Å². The lowest BCUT2D eigenvalue weighted by molar-refractivity contribution is -0.384. The van der Waals surface area contributed by atoms with Crippen molar-refractivity contribution in [2.24, 2.45) is 0 Å². The molecule has 6 nitrogen and oxygen atoms in total. The van der Waals surface area contributed by atoms with Crippen molar-refractivity contribution in [3.05, 3.63) is 33.3 Å². The number of benzene rings is 1. The molecule has 104 valence electrons. The summed E-state index contributed by atoms with van der Waals surface area (Å²) in [5, 5.41) is 14.7. The van der Waals surface area contributed by atoms with Crippen LogP contribution in [0.3, 0.4) is 0 Å². The van der Waals surface area contributed by atoms with Crippen LogP contribution < -0.4 is 10.2 Å². The highest BCUT2D eigenvalue weighted by Gasteiger charge is 2.21. The van der Waals surface area contributed by atoms with Crippen LogP contribution in [0.15, 0.2) is 18.2 Å². The summed E-state index contributed by atoms with van der Waals surface area (Å²) in [6, 6.07) is 4.56. The number of hydrogen-bond donors (Lipinski definition) is 1. The smallest absolute Gasteiger partial charge is 0.292 e. The molecule has 0 amide bonds. The lowest BCUT2D eigenvalue weighted by Gasteiger charge is -2.29. The van der Waals surface area contributed by atoms with Crippen LogP contribution in [0.5, 0.6) is 0 Å². The molecule has 0 aromatic heterocycles. The Morgan fingerprint density at radius 2 is 2.42 bits per heavy atom. The number of nitrogens with one attached hydrogen (secondary N) is 1. The molecular formula is C12H16ClN3O3. The van der Waals surface area contributed by atoms with Gasteiger partial charge in [-0.25, -0.2) is 0 Å². The Kier molecular flexibility index (Phi) is 4.57. The molecule has 1 aromatic rings. The van der Waals surface area contributed by atoms with Gasteiger partial charge < -0.3 is 15.0 Å². The highest BCUT2D eigenvalue weighted by molar-refractivity contribution is 6.31. The second-order valence-electron chi connectivity index (χ2n) is 4.47. The molecule has 0 radical (unpaired) electrons. The Balaban J connectivity index is 2.14. The van der Waals surface area contributed by atoms with E-state index >= 15 is 0 Å². The summed E-state index contributed by atoms with van der Waals surface area (Å²) in [6.07, 6.45) is 0.0253. The minimum Gasteiger partial charge on any atom is -0.374 e. The van der Waals surface area contributed by atoms with Crippen molar-refractivity contribution in [2.75, 3.05) is 38.2 Å². The van der Waals surface area contributed by atoms with Crippen molar-refractivity contribution >= 4 is 23.0 Å². The van der Waals surface area contributed by atoms with Crippen molar-refractivity contribution in [3.63, 3.8) is 0 Å². The van der Waals surface area contributed by atoms with Crippen molar-refractivity contribution in [1.29, 1.82) is 0 Å². The van der Waals surface area contributed by atoms with E-state index in [9.17, 15) is 10.1 Å². The summed E-state index contributed by atoms with van der Waals surface area (Å²) < 4.78 is 5.59. The first-order valence-electron chi connectivity index (χ1n) is 6.05. The molecule has 19 heavy (non-hydrogen) atoms. The van der Waals surface area contributed by atoms with E-state index in [1.54, 1.807) is 13.1 Å². The van der Waals surface area contributed by atoms with Gasteiger partial charge in [-0.1, -0.05) is 11.6 Å². The van der Waals surface area contributed by atoms with E-state index in [2.05, 4.69) is 5.32 Å². The molecule has 2 rings (SSSR count). The number of ether oxygens (including phenoxy) is 1. The van der Waals surface area contributed by atoms with Crippen LogP contribution in [0.4, 0.5) is 11.4 Å². The minimum absolute atomic E-state index is 0.0253. The van der Waals surface area contributed by atoms with Gasteiger partial charge in [0.05, 0.1) is 17.6 Å². The van der Waals surface area contributed by atoms with E-state index in [0.29, 0.717) is 23.9 Å². The molecule has 1 N–H and O–H groups in total. The highest BCUT2D eigenvalue weighted by atomic mass is 35.5. The lowest BCUT2D eigenvalue weighted by atomic mass is 10.2. The van der Waals surface area contributed by atoms with Gasteiger partial charge >= 0.3 is 0 Å². The van der Waals surface area contributed by atoms with Crippen LogP contribution in [0.25, 0.3) is 0 Å². The van der Waals surface area contributed by atoms with Crippen molar-refractivity contribution in [3.8, 4) is 0 Å². The predicted molar refractivity (Wildman–Crippen MR) is 74.0 cm³/mol. The molecular weight excluding hydrogens is 270 g/mol. The van der Waals surface area contributed by atoms with Crippen LogP contribution >= 0.6 is 11.6 Å². The number of anilines is 1. The SMILES string of the molecule is CN(CC1CNCCO1)c1cc(Cl)ccc1[N+](=O)[O-]. The van der Waals surface area contributed by atoms with Crippen LogP contribution in [0.1, 0.15) is 0 Å². The summed E-state index contributed by atoms with van der Waals surface area (Å²) in [7, 11) is 1.80. The average Bonchev–Trinajstić information content (AvgIpc) is 2.39. The number of halogens is 1. The third-order valence-electron chi connectivity index (χ3n) is 3.03. The molecule has 0 spiro atoms. The Morgan fingerprint density at radius 1 is 1.63 bits per heavy atom. The summed E-state index contributed by atoms with van der Waals surface area (Å²) in [6.45, 7) is 2.83. The van der Waals surface area contributed by atoms with Gasteiger partial charge in [-0.3, -0.25) is 10.1 Å². The summed E-state index contributed by atoms with van der Waals surface area (Å²) >= 11 is 5.92. The van der Waals surface area contributed by atoms with E-state index < -0.39 is 4.92 Å². The Labute approximate surface area is 116 Å². The third-order valence-corrected chi connectivity index (χ3v) is 3.26. The fourth-order valence-corrected chi connectivity index (χ4v) is 2.26. The molecule has 0 aliphatic carbocycles. The van der Waals surface area contributed by atoms with E-state index in [-0.39, 0.29) is 11.8 Å².